The lowest BCUT2D eigenvalue weighted by Gasteiger charge is -2.22. The number of aromatic nitrogens is 2. The number of nitrogens with one attached hydrogen (secondary N) is 16. The molecule has 92 heavy (non-hydrogen) atoms. The number of nitrogens with zero attached hydrogens (tertiary/aromatic N) is 2. The van der Waals surface area contributed by atoms with Gasteiger partial charge >= 0.3 is 0 Å². The van der Waals surface area contributed by atoms with Gasteiger partial charge in [0, 0.05) is 33.0 Å². The number of nitrogens with two attached hydrogens (primary N) is 8. The average molecular weight is 1310 g/mol. The van der Waals surface area contributed by atoms with Gasteiger partial charge in [0.15, 0.2) is 93.7 Å². The van der Waals surface area contributed by atoms with E-state index in [1.165, 1.54) is 22.7 Å². The summed E-state index contributed by atoms with van der Waals surface area (Å²) < 4.78 is 51.3. The number of para-hydroxylation sites is 2. The summed E-state index contributed by atoms with van der Waals surface area (Å²) in [6.07, 6.45) is 0.934. The predicted octanol–water partition coefficient (Wildman–Crippen LogP) is -0.0522. The van der Waals surface area contributed by atoms with Crippen LogP contribution in [0.1, 0.15) is 11.4 Å². The van der Waals surface area contributed by atoms with Gasteiger partial charge in [0.2, 0.25) is 0 Å². The van der Waals surface area contributed by atoms with Crippen molar-refractivity contribution in [2.24, 2.45) is 45.9 Å². The van der Waals surface area contributed by atoms with Gasteiger partial charge in [0.1, 0.15) is 62.9 Å². The number of guanidine groups is 8. The van der Waals surface area contributed by atoms with Crippen LogP contribution in [0.2, 0.25) is 0 Å². The molecule has 2 heterocycles. The lowest BCUT2D eigenvalue weighted by Crippen LogP contribution is -2.34. The number of ether oxygens (including phenoxy) is 8. The molecule has 34 nitrogen and oxygen atoms in total. The Hall–Kier alpha value is -11.3. The molecule has 6 rings (SSSR count). The summed E-state index contributed by atoms with van der Waals surface area (Å²) in [5, 5.41) is 88.7. The fourth-order valence-electron chi connectivity index (χ4n) is 8.51. The minimum absolute atomic E-state index is 0.0224. The van der Waals surface area contributed by atoms with Crippen molar-refractivity contribution in [2.45, 2.75) is 12.8 Å². The molecular weight excluding hydrogens is 1230 g/mol. The third-order valence-electron chi connectivity index (χ3n) is 12.3. The summed E-state index contributed by atoms with van der Waals surface area (Å²) >= 11 is 2.77. The summed E-state index contributed by atoms with van der Waals surface area (Å²) in [4.78, 5) is 10.2. The SMILES string of the molecule is N=C(N)NCCOc1cccc(-c2ccc(-c3nc(CCc4csc(-c5ccc(-c6cccc(OCCNC(=N)N)c6OCCNC(=N)N)c(OCCNC(=N)N)c5OCCNC(=N)N)n4)cs3)c(OCCNC(=N)N)c2OCCNC(=N)N)c1OCCNC(=N)N. The first-order valence-corrected chi connectivity index (χ1v) is 30.2. The Kier molecular flexibility index (Phi) is 27.5. The van der Waals surface area contributed by atoms with Crippen LogP contribution >= 0.6 is 22.7 Å². The normalized spacial score (nSPS) is 10.6. The number of hydrogen-bond acceptors (Lipinski definition) is 20. The highest BCUT2D eigenvalue weighted by atomic mass is 32.1. The molecule has 0 spiro atoms. The first-order valence-electron chi connectivity index (χ1n) is 28.4. The van der Waals surface area contributed by atoms with Crippen molar-refractivity contribution >= 4 is 70.4 Å². The maximum absolute atomic E-state index is 7.78. The van der Waals surface area contributed by atoms with Crippen LogP contribution in [0.5, 0.6) is 46.0 Å². The zero-order chi connectivity index (χ0) is 66.4. The van der Waals surface area contributed by atoms with E-state index in [9.17, 15) is 0 Å². The van der Waals surface area contributed by atoms with Crippen molar-refractivity contribution in [1.82, 2.24) is 52.5 Å². The highest BCUT2D eigenvalue weighted by Gasteiger charge is 2.27. The number of rotatable bonds is 39. The van der Waals surface area contributed by atoms with Crippen LogP contribution in [0.15, 0.2) is 71.4 Å². The van der Waals surface area contributed by atoms with Crippen LogP contribution < -0.4 is 126 Å². The maximum Gasteiger partial charge on any atom is 0.185 e. The van der Waals surface area contributed by atoms with Crippen LogP contribution in [-0.4, -0.2) is 163 Å². The lowest BCUT2D eigenvalue weighted by atomic mass is 9.99. The van der Waals surface area contributed by atoms with Gasteiger partial charge in [0.05, 0.1) is 74.9 Å². The minimum atomic E-state index is -0.253. The fourth-order valence-corrected chi connectivity index (χ4v) is 10.3. The molecule has 494 valence electrons. The largest absolute Gasteiger partial charge is 0.488 e. The molecular formula is C56H80N26O8S2. The third kappa shape index (κ3) is 22.4. The molecule has 36 heteroatoms. The highest BCUT2D eigenvalue weighted by Crippen LogP contribution is 2.51. The average Bonchev–Trinajstić information content (AvgIpc) is 1.07. The molecule has 0 saturated heterocycles. The van der Waals surface area contributed by atoms with Crippen molar-refractivity contribution in [3.05, 3.63) is 82.8 Å². The van der Waals surface area contributed by atoms with Gasteiger partial charge in [-0.05, 0) is 49.2 Å². The smallest absolute Gasteiger partial charge is 0.185 e. The molecule has 0 aliphatic rings. The molecule has 0 saturated carbocycles. The van der Waals surface area contributed by atoms with Gasteiger partial charge in [-0.15, -0.1) is 22.7 Å². The molecule has 0 aliphatic carbocycles. The zero-order valence-corrected chi connectivity index (χ0v) is 51.9. The van der Waals surface area contributed by atoms with Gasteiger partial charge < -0.3 is 126 Å². The van der Waals surface area contributed by atoms with E-state index in [1.807, 2.05) is 47.2 Å². The Labute approximate surface area is 537 Å². The van der Waals surface area contributed by atoms with Gasteiger partial charge in [-0.1, -0.05) is 24.3 Å². The van der Waals surface area contributed by atoms with Crippen LogP contribution in [0.3, 0.4) is 0 Å². The summed E-state index contributed by atoms with van der Waals surface area (Å²) in [6, 6.07) is 18.0. The minimum Gasteiger partial charge on any atom is -0.488 e. The van der Waals surface area contributed by atoms with E-state index < -0.39 is 0 Å². The molecule has 32 N–H and O–H groups in total. The predicted molar refractivity (Wildman–Crippen MR) is 357 cm³/mol. The molecule has 4 aromatic carbocycles. The Balaban J connectivity index is 1.39. The highest BCUT2D eigenvalue weighted by molar-refractivity contribution is 7.13. The van der Waals surface area contributed by atoms with Crippen molar-refractivity contribution < 1.29 is 37.9 Å². The molecule has 0 fully saturated rings. The monoisotopic (exact) mass is 1310 g/mol. The van der Waals surface area contributed by atoms with Crippen molar-refractivity contribution in [1.29, 1.82) is 43.3 Å². The Morgan fingerprint density at radius 2 is 0.533 bits per heavy atom. The van der Waals surface area contributed by atoms with Crippen molar-refractivity contribution in [2.75, 3.05) is 105 Å². The van der Waals surface area contributed by atoms with Crippen molar-refractivity contribution in [3.8, 4) is 89.4 Å². The van der Waals surface area contributed by atoms with Gasteiger partial charge in [0.25, 0.3) is 0 Å². The fraction of sp³-hybridized carbons (Fsp3) is 0.321. The van der Waals surface area contributed by atoms with Crippen LogP contribution in [0.4, 0.5) is 0 Å². The van der Waals surface area contributed by atoms with E-state index in [4.69, 9.17) is 137 Å². The van der Waals surface area contributed by atoms with E-state index in [0.29, 0.717) is 90.7 Å². The number of thiazole rings is 2. The van der Waals surface area contributed by atoms with Gasteiger partial charge in [-0.25, -0.2) is 9.97 Å². The molecule has 6 aromatic rings. The third-order valence-corrected chi connectivity index (χ3v) is 14.1. The second-order valence-corrected chi connectivity index (χ2v) is 20.9. The summed E-state index contributed by atoms with van der Waals surface area (Å²) in [6.45, 7) is 1.91. The molecule has 0 radical (unpaired) electrons. The van der Waals surface area contributed by atoms with Crippen LogP contribution in [0, 0.1) is 43.3 Å². The van der Waals surface area contributed by atoms with Gasteiger partial charge in [-0.2, -0.15) is 0 Å². The molecule has 0 bridgehead atoms. The van der Waals surface area contributed by atoms with E-state index in [-0.39, 0.29) is 164 Å². The van der Waals surface area contributed by atoms with E-state index in [1.54, 1.807) is 24.3 Å². The second kappa shape index (κ2) is 36.2. The first-order chi connectivity index (χ1) is 44.3. The standard InChI is InChI=1S/C56H80N26O8S2/c57-49(58)73-13-21-83-39-5-1-3-33(41(39)85-23-15-75-51(61)62)35-9-11-37(45(89-27-19-79-55(69)70)43(35)87-25-17-77-53(65)66)47-81-31(29-91-47)7-8-32-30-92-48(82-32)38-12-10-36(44(88-26-18-78-54(67)68)46(38)90-28-20-80-56(71)72)34-4-2-6-40(84-22-14-74-50(59)60)42(34)86-24-16-76-52(63)64/h1-6,9-12,29-30H,7-8,13-28H2,(H4,57,58,73)(H4,59,60,74)(H4,61,62,75)(H4,63,64,76)(H4,65,66,77)(H4,67,68,78)(H4,69,70,79)(H4,71,72,80). The molecule has 0 aliphatic heterocycles. The Morgan fingerprint density at radius 1 is 0.304 bits per heavy atom. The van der Waals surface area contributed by atoms with E-state index >= 15 is 0 Å². The molecule has 0 amide bonds. The second-order valence-electron chi connectivity index (χ2n) is 19.2. The van der Waals surface area contributed by atoms with Crippen molar-refractivity contribution in [3.63, 3.8) is 0 Å². The maximum atomic E-state index is 7.78. The lowest BCUT2D eigenvalue weighted by molar-refractivity contribution is 0.271. The summed E-state index contributed by atoms with van der Waals surface area (Å²) in [7, 11) is 0. The number of aryl methyl sites for hydroxylation is 2. The van der Waals surface area contributed by atoms with Gasteiger partial charge in [-0.3, -0.25) is 43.3 Å². The molecule has 2 aromatic heterocycles. The van der Waals surface area contributed by atoms with E-state index in [0.717, 1.165) is 11.4 Å². The van der Waals surface area contributed by atoms with Crippen LogP contribution in [0.25, 0.3) is 43.4 Å². The zero-order valence-electron chi connectivity index (χ0n) is 50.3. The van der Waals surface area contributed by atoms with E-state index in [2.05, 4.69) is 42.5 Å². The Bertz CT molecular complexity index is 3290. The first kappa shape index (κ1) is 69.8. The summed E-state index contributed by atoms with van der Waals surface area (Å²) in [5.74, 6) is 0.599. The molecule has 0 unspecified atom stereocenters. The quantitative estimate of drug-likeness (QED) is 0.0137. The topological polar surface area (TPSA) is 595 Å². The Morgan fingerprint density at radius 3 is 0.804 bits per heavy atom. The number of benzene rings is 4. The molecule has 0 atom stereocenters. The summed E-state index contributed by atoms with van der Waals surface area (Å²) in [5.41, 5.74) is 49.6. The number of hydrogen-bond donors (Lipinski definition) is 24. The van der Waals surface area contributed by atoms with Crippen LogP contribution in [-0.2, 0) is 12.8 Å².